The molecule has 0 aliphatic rings. The standard InChI is InChI=1S/C15H21N3/c1-10(2)9-18(4)15-6-5-14(16)13-8-17-11(3)7-12(13)15/h5-8,10H,9,16H2,1-4H3. The van der Waals surface area contributed by atoms with Crippen LogP contribution in [0.15, 0.2) is 24.4 Å². The lowest BCUT2D eigenvalue weighted by atomic mass is 10.1. The molecular weight excluding hydrogens is 222 g/mol. The highest BCUT2D eigenvalue weighted by Gasteiger charge is 2.10. The summed E-state index contributed by atoms with van der Waals surface area (Å²) in [6.45, 7) is 7.49. The minimum Gasteiger partial charge on any atom is -0.398 e. The van der Waals surface area contributed by atoms with Crippen LogP contribution in [-0.4, -0.2) is 18.6 Å². The molecule has 2 aromatic rings. The Balaban J connectivity index is 2.57. The fourth-order valence-electron chi connectivity index (χ4n) is 2.33. The maximum Gasteiger partial charge on any atom is 0.0446 e. The molecule has 0 bridgehead atoms. The third-order valence-corrected chi connectivity index (χ3v) is 3.10. The summed E-state index contributed by atoms with van der Waals surface area (Å²) in [5.41, 5.74) is 9.05. The first-order chi connectivity index (χ1) is 8.49. The molecule has 0 spiro atoms. The van der Waals surface area contributed by atoms with Crippen LogP contribution < -0.4 is 10.6 Å². The zero-order valence-electron chi connectivity index (χ0n) is 11.6. The van der Waals surface area contributed by atoms with Gasteiger partial charge in [-0.2, -0.15) is 0 Å². The fourth-order valence-corrected chi connectivity index (χ4v) is 2.33. The van der Waals surface area contributed by atoms with E-state index in [0.717, 1.165) is 23.3 Å². The number of hydrogen-bond donors (Lipinski definition) is 1. The highest BCUT2D eigenvalue weighted by Crippen LogP contribution is 2.30. The molecule has 0 saturated carbocycles. The minimum absolute atomic E-state index is 0.630. The summed E-state index contributed by atoms with van der Waals surface area (Å²) in [4.78, 5) is 6.61. The zero-order valence-corrected chi connectivity index (χ0v) is 11.6. The Morgan fingerprint density at radius 3 is 2.67 bits per heavy atom. The molecule has 1 aromatic heterocycles. The number of fused-ring (bicyclic) bond motifs is 1. The average Bonchev–Trinajstić information content (AvgIpc) is 2.28. The smallest absolute Gasteiger partial charge is 0.0446 e. The molecule has 0 radical (unpaired) electrons. The highest BCUT2D eigenvalue weighted by atomic mass is 15.1. The normalized spacial score (nSPS) is 11.2. The van der Waals surface area contributed by atoms with E-state index >= 15 is 0 Å². The van der Waals surface area contributed by atoms with Gasteiger partial charge in [0.25, 0.3) is 0 Å². The van der Waals surface area contributed by atoms with E-state index in [1.165, 1.54) is 11.1 Å². The second kappa shape index (κ2) is 4.84. The number of nitrogens with zero attached hydrogens (tertiary/aromatic N) is 2. The number of pyridine rings is 1. The third-order valence-electron chi connectivity index (χ3n) is 3.10. The molecule has 0 aliphatic heterocycles. The van der Waals surface area contributed by atoms with Crippen LogP contribution in [0.2, 0.25) is 0 Å². The highest BCUT2D eigenvalue weighted by molar-refractivity contribution is 6.01. The quantitative estimate of drug-likeness (QED) is 0.842. The van der Waals surface area contributed by atoms with E-state index in [2.05, 4.69) is 42.9 Å². The average molecular weight is 243 g/mol. The van der Waals surface area contributed by atoms with Crippen molar-refractivity contribution in [2.75, 3.05) is 24.2 Å². The van der Waals surface area contributed by atoms with Gasteiger partial charge in [-0.3, -0.25) is 4.98 Å². The maximum atomic E-state index is 6.02. The summed E-state index contributed by atoms with van der Waals surface area (Å²) in [5.74, 6) is 0.630. The first kappa shape index (κ1) is 12.7. The van der Waals surface area contributed by atoms with Crippen LogP contribution in [0.4, 0.5) is 11.4 Å². The van der Waals surface area contributed by atoms with Crippen molar-refractivity contribution >= 4 is 22.1 Å². The predicted octanol–water partition coefficient (Wildman–Crippen LogP) is 3.22. The van der Waals surface area contributed by atoms with Crippen molar-refractivity contribution in [1.82, 2.24) is 4.98 Å². The van der Waals surface area contributed by atoms with Crippen molar-refractivity contribution in [1.29, 1.82) is 0 Å². The van der Waals surface area contributed by atoms with Gasteiger partial charge in [0.1, 0.15) is 0 Å². The van der Waals surface area contributed by atoms with Gasteiger partial charge >= 0.3 is 0 Å². The van der Waals surface area contributed by atoms with Gasteiger partial charge in [0.15, 0.2) is 0 Å². The summed E-state index contributed by atoms with van der Waals surface area (Å²) < 4.78 is 0. The van der Waals surface area contributed by atoms with Crippen molar-refractivity contribution in [2.24, 2.45) is 5.92 Å². The molecule has 18 heavy (non-hydrogen) atoms. The Morgan fingerprint density at radius 1 is 1.28 bits per heavy atom. The van der Waals surface area contributed by atoms with Crippen LogP contribution in [0.25, 0.3) is 10.8 Å². The van der Waals surface area contributed by atoms with Crippen LogP contribution in [0.1, 0.15) is 19.5 Å². The van der Waals surface area contributed by atoms with Crippen molar-refractivity contribution in [3.8, 4) is 0 Å². The van der Waals surface area contributed by atoms with Gasteiger partial charge in [-0.15, -0.1) is 0 Å². The summed E-state index contributed by atoms with van der Waals surface area (Å²) in [6.07, 6.45) is 1.87. The molecule has 0 unspecified atom stereocenters. The molecule has 3 heteroatoms. The third kappa shape index (κ3) is 2.40. The topological polar surface area (TPSA) is 42.1 Å². The van der Waals surface area contributed by atoms with Crippen molar-refractivity contribution in [3.63, 3.8) is 0 Å². The largest absolute Gasteiger partial charge is 0.398 e. The van der Waals surface area contributed by atoms with Crippen LogP contribution in [-0.2, 0) is 0 Å². The van der Waals surface area contributed by atoms with E-state index < -0.39 is 0 Å². The first-order valence-corrected chi connectivity index (χ1v) is 6.35. The summed E-state index contributed by atoms with van der Waals surface area (Å²) in [6, 6.07) is 6.17. The molecule has 0 aliphatic carbocycles. The molecule has 0 saturated heterocycles. The second-order valence-electron chi connectivity index (χ2n) is 5.32. The Bertz CT molecular complexity index is 561. The molecule has 0 fully saturated rings. The van der Waals surface area contributed by atoms with E-state index in [1.54, 1.807) is 0 Å². The molecule has 1 aromatic carbocycles. The Kier molecular flexibility index (Phi) is 3.41. The first-order valence-electron chi connectivity index (χ1n) is 6.35. The van der Waals surface area contributed by atoms with Gasteiger partial charge < -0.3 is 10.6 Å². The lowest BCUT2D eigenvalue weighted by molar-refractivity contribution is 0.639. The number of aromatic nitrogens is 1. The number of aryl methyl sites for hydroxylation is 1. The van der Waals surface area contributed by atoms with Gasteiger partial charge in [0, 0.05) is 47.6 Å². The van der Waals surface area contributed by atoms with Crippen molar-refractivity contribution < 1.29 is 0 Å². The van der Waals surface area contributed by atoms with E-state index in [-0.39, 0.29) is 0 Å². The molecular formula is C15H21N3. The number of nitrogens with two attached hydrogens (primary N) is 1. The van der Waals surface area contributed by atoms with E-state index in [4.69, 9.17) is 5.73 Å². The number of nitrogen functional groups attached to an aromatic ring is 1. The molecule has 2 N–H and O–H groups in total. The molecule has 1 heterocycles. The summed E-state index contributed by atoms with van der Waals surface area (Å²) in [7, 11) is 2.13. The monoisotopic (exact) mass is 243 g/mol. The predicted molar refractivity (Wildman–Crippen MR) is 79.0 cm³/mol. The lowest BCUT2D eigenvalue weighted by Crippen LogP contribution is -2.22. The van der Waals surface area contributed by atoms with Crippen LogP contribution in [0.5, 0.6) is 0 Å². The number of rotatable bonds is 3. The van der Waals surface area contributed by atoms with Crippen LogP contribution in [0.3, 0.4) is 0 Å². The van der Waals surface area contributed by atoms with Gasteiger partial charge in [-0.1, -0.05) is 13.8 Å². The Hall–Kier alpha value is -1.77. The molecule has 0 atom stereocenters. The Labute approximate surface area is 109 Å². The zero-order chi connectivity index (χ0) is 13.3. The van der Waals surface area contributed by atoms with E-state index in [9.17, 15) is 0 Å². The van der Waals surface area contributed by atoms with Crippen LogP contribution >= 0.6 is 0 Å². The van der Waals surface area contributed by atoms with Gasteiger partial charge in [0.2, 0.25) is 0 Å². The number of hydrogen-bond acceptors (Lipinski definition) is 3. The van der Waals surface area contributed by atoms with Gasteiger partial charge in [-0.05, 0) is 31.0 Å². The fraction of sp³-hybridized carbons (Fsp3) is 0.400. The maximum absolute atomic E-state index is 6.02. The lowest BCUT2D eigenvalue weighted by Gasteiger charge is -2.23. The Morgan fingerprint density at radius 2 is 2.00 bits per heavy atom. The number of benzene rings is 1. The van der Waals surface area contributed by atoms with Gasteiger partial charge in [0.05, 0.1) is 0 Å². The molecule has 2 rings (SSSR count). The molecule has 3 nitrogen and oxygen atoms in total. The van der Waals surface area contributed by atoms with Gasteiger partial charge in [-0.25, -0.2) is 0 Å². The SMILES string of the molecule is Cc1cc2c(N(C)CC(C)C)ccc(N)c2cn1. The summed E-state index contributed by atoms with van der Waals surface area (Å²) >= 11 is 0. The van der Waals surface area contributed by atoms with Crippen LogP contribution in [0, 0.1) is 12.8 Å². The van der Waals surface area contributed by atoms with E-state index in [1.807, 2.05) is 19.2 Å². The molecule has 0 amide bonds. The number of anilines is 2. The van der Waals surface area contributed by atoms with E-state index in [0.29, 0.717) is 5.92 Å². The van der Waals surface area contributed by atoms with Crippen molar-refractivity contribution in [2.45, 2.75) is 20.8 Å². The second-order valence-corrected chi connectivity index (χ2v) is 5.32. The minimum atomic E-state index is 0.630. The van der Waals surface area contributed by atoms with Crippen molar-refractivity contribution in [3.05, 3.63) is 30.1 Å². The summed E-state index contributed by atoms with van der Waals surface area (Å²) in [5, 5.41) is 2.22. The molecule has 96 valence electrons.